The molecular weight excluding hydrogens is 580 g/mol. The molecule has 1 N–H and O–H groups in total. The maximum Gasteiger partial charge on any atom is 0.416 e. The molecule has 5 rings (SSSR count). The summed E-state index contributed by atoms with van der Waals surface area (Å²) in [6.07, 6.45) is -7.12. The van der Waals surface area contributed by atoms with Gasteiger partial charge in [0.25, 0.3) is 0 Å². The SMILES string of the molecule is CC(C(=O)NC1(c2ccccc2)CCC(N2CCN(Cc3ccccc3)CC2)CC1)c1cc(C(F)(F)F)cc(C(F)(F)F)c1. The second-order valence-corrected chi connectivity index (χ2v) is 12.0. The summed E-state index contributed by atoms with van der Waals surface area (Å²) in [6.45, 7) is 6.06. The Kier molecular flexibility index (Phi) is 9.41. The first-order chi connectivity index (χ1) is 20.8. The number of hydrogen-bond acceptors (Lipinski definition) is 3. The van der Waals surface area contributed by atoms with Crippen LogP contribution < -0.4 is 5.32 Å². The van der Waals surface area contributed by atoms with E-state index in [4.69, 9.17) is 0 Å². The van der Waals surface area contributed by atoms with Gasteiger partial charge in [-0.25, -0.2) is 0 Å². The van der Waals surface area contributed by atoms with Crippen LogP contribution in [0.2, 0.25) is 0 Å². The van der Waals surface area contributed by atoms with E-state index in [-0.39, 0.29) is 11.6 Å². The number of halogens is 6. The zero-order chi connectivity index (χ0) is 31.5. The number of alkyl halides is 6. The van der Waals surface area contributed by atoms with E-state index in [1.54, 1.807) is 0 Å². The molecule has 0 aromatic heterocycles. The summed E-state index contributed by atoms with van der Waals surface area (Å²) < 4.78 is 80.9. The van der Waals surface area contributed by atoms with Crippen LogP contribution in [0.25, 0.3) is 0 Å². The predicted molar refractivity (Wildman–Crippen MR) is 157 cm³/mol. The molecule has 1 unspecified atom stereocenters. The number of nitrogens with zero attached hydrogens (tertiary/aromatic N) is 2. The van der Waals surface area contributed by atoms with Crippen LogP contribution in [0, 0.1) is 0 Å². The molecular formula is C34H37F6N3O. The highest BCUT2D eigenvalue weighted by molar-refractivity contribution is 5.84. The standard InChI is InChI=1S/C34H37F6N3O/c1-24(26-20-28(33(35,36)37)22-29(21-26)34(38,39)40)31(44)41-32(27-10-6-3-7-11-27)14-12-30(13-15-32)43-18-16-42(17-19-43)23-25-8-4-2-5-9-25/h2-11,20-22,24,30H,12-19,23H2,1H3,(H,41,44). The van der Waals surface area contributed by atoms with Crippen molar-refractivity contribution in [1.29, 1.82) is 0 Å². The molecule has 3 aromatic carbocycles. The van der Waals surface area contributed by atoms with E-state index in [9.17, 15) is 31.1 Å². The minimum Gasteiger partial charge on any atom is -0.346 e. The molecule has 1 aliphatic heterocycles. The molecule has 0 radical (unpaired) electrons. The van der Waals surface area contributed by atoms with Crippen LogP contribution in [0.3, 0.4) is 0 Å². The zero-order valence-corrected chi connectivity index (χ0v) is 24.6. The summed E-state index contributed by atoms with van der Waals surface area (Å²) in [7, 11) is 0. The van der Waals surface area contributed by atoms with Crippen molar-refractivity contribution in [2.24, 2.45) is 0 Å². The van der Waals surface area contributed by atoms with Gasteiger partial charge < -0.3 is 5.32 Å². The first-order valence-electron chi connectivity index (χ1n) is 15.0. The van der Waals surface area contributed by atoms with Crippen molar-refractivity contribution in [3.8, 4) is 0 Å². The fourth-order valence-corrected chi connectivity index (χ4v) is 6.56. The fourth-order valence-electron chi connectivity index (χ4n) is 6.56. The molecule has 4 nitrogen and oxygen atoms in total. The van der Waals surface area contributed by atoms with E-state index in [0.29, 0.717) is 31.0 Å². The topological polar surface area (TPSA) is 35.6 Å². The van der Waals surface area contributed by atoms with E-state index in [0.717, 1.165) is 51.1 Å². The highest BCUT2D eigenvalue weighted by atomic mass is 19.4. The number of hydrogen-bond donors (Lipinski definition) is 1. The number of carbonyl (C=O) groups excluding carboxylic acids is 1. The minimum atomic E-state index is -4.98. The number of nitrogens with one attached hydrogen (secondary N) is 1. The van der Waals surface area contributed by atoms with Crippen LogP contribution in [0.15, 0.2) is 78.9 Å². The maximum atomic E-state index is 13.6. The largest absolute Gasteiger partial charge is 0.416 e. The highest BCUT2D eigenvalue weighted by Crippen LogP contribution is 2.41. The van der Waals surface area contributed by atoms with E-state index >= 15 is 0 Å². The molecule has 2 aliphatic rings. The van der Waals surface area contributed by atoms with E-state index in [2.05, 4.69) is 27.2 Å². The number of rotatable bonds is 7. The number of benzene rings is 3. The molecule has 0 spiro atoms. The number of carbonyl (C=O) groups is 1. The molecule has 1 heterocycles. The minimum absolute atomic E-state index is 0.0857. The lowest BCUT2D eigenvalue weighted by atomic mass is 9.74. The molecule has 2 fully saturated rings. The van der Waals surface area contributed by atoms with Crippen LogP contribution in [0.1, 0.15) is 66.3 Å². The Morgan fingerprint density at radius 3 is 1.86 bits per heavy atom. The van der Waals surface area contributed by atoms with Gasteiger partial charge in [-0.15, -0.1) is 0 Å². The van der Waals surface area contributed by atoms with E-state index in [1.807, 2.05) is 48.5 Å². The van der Waals surface area contributed by atoms with Gasteiger partial charge in [-0.1, -0.05) is 60.7 Å². The first kappa shape index (κ1) is 32.0. The van der Waals surface area contributed by atoms with Gasteiger partial charge in [0.1, 0.15) is 0 Å². The average molecular weight is 618 g/mol. The van der Waals surface area contributed by atoms with Crippen LogP contribution in [-0.4, -0.2) is 47.9 Å². The molecule has 1 saturated carbocycles. The quantitative estimate of drug-likeness (QED) is 0.278. The molecule has 0 bridgehead atoms. The van der Waals surface area contributed by atoms with Crippen molar-refractivity contribution in [3.05, 3.63) is 107 Å². The lowest BCUT2D eigenvalue weighted by molar-refractivity contribution is -0.143. The first-order valence-corrected chi connectivity index (χ1v) is 15.0. The second kappa shape index (κ2) is 12.9. The normalized spacial score (nSPS) is 22.8. The van der Waals surface area contributed by atoms with Crippen LogP contribution >= 0.6 is 0 Å². The van der Waals surface area contributed by atoms with Gasteiger partial charge in [-0.3, -0.25) is 14.6 Å². The van der Waals surface area contributed by atoms with E-state index in [1.165, 1.54) is 12.5 Å². The van der Waals surface area contributed by atoms with Crippen LogP contribution in [0.5, 0.6) is 0 Å². The van der Waals surface area contributed by atoms with Crippen molar-refractivity contribution < 1.29 is 31.1 Å². The maximum absolute atomic E-state index is 13.6. The Hall–Kier alpha value is -3.37. The lowest BCUT2D eigenvalue weighted by Crippen LogP contribution is -2.55. The van der Waals surface area contributed by atoms with Gasteiger partial charge in [0.05, 0.1) is 22.6 Å². The molecule has 1 amide bonds. The third kappa shape index (κ3) is 7.46. The molecule has 10 heteroatoms. The Labute approximate surface area is 254 Å². The van der Waals surface area contributed by atoms with Gasteiger partial charge in [-0.2, -0.15) is 26.3 Å². The number of piperazine rings is 1. The highest BCUT2D eigenvalue weighted by Gasteiger charge is 2.42. The zero-order valence-electron chi connectivity index (χ0n) is 24.6. The van der Waals surface area contributed by atoms with Crippen molar-refractivity contribution >= 4 is 5.91 Å². The Bertz CT molecular complexity index is 1360. The summed E-state index contributed by atoms with van der Waals surface area (Å²) in [4.78, 5) is 18.5. The molecule has 1 aliphatic carbocycles. The molecule has 3 aromatic rings. The van der Waals surface area contributed by atoms with Crippen LogP contribution in [0.4, 0.5) is 26.3 Å². The fraction of sp³-hybridized carbons (Fsp3) is 0.441. The Morgan fingerprint density at radius 2 is 1.34 bits per heavy atom. The van der Waals surface area contributed by atoms with Crippen molar-refractivity contribution in [2.75, 3.05) is 26.2 Å². The summed E-state index contributed by atoms with van der Waals surface area (Å²) in [5, 5.41) is 3.09. The van der Waals surface area contributed by atoms with Gasteiger partial charge in [0.2, 0.25) is 5.91 Å². The summed E-state index contributed by atoms with van der Waals surface area (Å²) in [5.41, 5.74) is -1.78. The Morgan fingerprint density at radius 1 is 0.818 bits per heavy atom. The summed E-state index contributed by atoms with van der Waals surface area (Å²) in [5.74, 6) is -1.83. The lowest BCUT2D eigenvalue weighted by Gasteiger charge is -2.46. The van der Waals surface area contributed by atoms with E-state index < -0.39 is 40.8 Å². The molecule has 1 saturated heterocycles. The second-order valence-electron chi connectivity index (χ2n) is 12.0. The molecule has 236 valence electrons. The average Bonchev–Trinajstić information content (AvgIpc) is 3.01. The third-order valence-electron chi connectivity index (χ3n) is 9.17. The number of amides is 1. The smallest absolute Gasteiger partial charge is 0.346 e. The van der Waals surface area contributed by atoms with Crippen molar-refractivity contribution in [3.63, 3.8) is 0 Å². The third-order valence-corrected chi connectivity index (χ3v) is 9.17. The van der Waals surface area contributed by atoms with Crippen molar-refractivity contribution in [2.45, 2.75) is 69.0 Å². The molecule has 1 atom stereocenters. The van der Waals surface area contributed by atoms with Gasteiger partial charge in [-0.05, 0) is 67.5 Å². The van der Waals surface area contributed by atoms with Gasteiger partial charge >= 0.3 is 12.4 Å². The molecule has 44 heavy (non-hydrogen) atoms. The van der Waals surface area contributed by atoms with Gasteiger partial charge in [0, 0.05) is 38.8 Å². The Balaban J connectivity index is 1.29. The monoisotopic (exact) mass is 617 g/mol. The summed E-state index contributed by atoms with van der Waals surface area (Å²) >= 11 is 0. The van der Waals surface area contributed by atoms with Gasteiger partial charge in [0.15, 0.2) is 0 Å². The van der Waals surface area contributed by atoms with Crippen molar-refractivity contribution in [1.82, 2.24) is 15.1 Å². The summed E-state index contributed by atoms with van der Waals surface area (Å²) in [6, 6.07) is 21.5. The van der Waals surface area contributed by atoms with Crippen LogP contribution in [-0.2, 0) is 29.2 Å². The predicted octanol–water partition coefficient (Wildman–Crippen LogP) is 7.60.